The van der Waals surface area contributed by atoms with Crippen molar-refractivity contribution in [1.29, 1.82) is 0 Å². The third-order valence-corrected chi connectivity index (χ3v) is 1.05. The SMILES string of the molecule is O=S(O)OS(=O)O.[H-].[H-].[Na+].[Na+]. The van der Waals surface area contributed by atoms with Crippen LogP contribution < -0.4 is 59.1 Å². The molecule has 0 heterocycles. The van der Waals surface area contributed by atoms with E-state index in [4.69, 9.17) is 9.11 Å². The molecule has 0 saturated heterocycles. The van der Waals surface area contributed by atoms with Crippen LogP contribution in [0.25, 0.3) is 0 Å². The maximum atomic E-state index is 9.35. The van der Waals surface area contributed by atoms with Crippen molar-refractivity contribution < 1.29 is 83.1 Å². The molecule has 9 heteroatoms. The maximum Gasteiger partial charge on any atom is 1.00 e. The van der Waals surface area contributed by atoms with Crippen LogP contribution in [0.5, 0.6) is 0 Å². The van der Waals surface area contributed by atoms with Crippen LogP contribution in [0.1, 0.15) is 2.85 Å². The third kappa shape index (κ3) is 17.8. The standard InChI is InChI=1S/2Na.H2O5S2.2H/c;;1-6(2)5-7(3)4;;/h;;(H,1,2)(H,3,4);;/q2*+1;;2*-1. The second kappa shape index (κ2) is 10.2. The summed E-state index contributed by atoms with van der Waals surface area (Å²) >= 11 is -5.29. The average Bonchev–Trinajstić information content (AvgIpc) is 1.27. The molecule has 0 aliphatic heterocycles. The molecule has 48 valence electrons. The first-order valence-electron chi connectivity index (χ1n) is 1.03. The van der Waals surface area contributed by atoms with Crippen LogP contribution in [0.15, 0.2) is 0 Å². The minimum Gasteiger partial charge on any atom is -1.00 e. The molecule has 0 rings (SSSR count). The topological polar surface area (TPSA) is 83.8 Å². The van der Waals surface area contributed by atoms with Gasteiger partial charge in [0.25, 0.3) is 0 Å². The first-order chi connectivity index (χ1) is 3.13. The van der Waals surface area contributed by atoms with Crippen LogP contribution in [0.3, 0.4) is 0 Å². The third-order valence-electron chi connectivity index (χ3n) is 0.116. The van der Waals surface area contributed by atoms with Crippen LogP contribution in [-0.2, 0) is 26.4 Å². The fourth-order valence-electron chi connectivity index (χ4n) is 0.0498. The summed E-state index contributed by atoms with van der Waals surface area (Å²) in [6.45, 7) is 0. The molecular weight excluding hydrogens is 190 g/mol. The van der Waals surface area contributed by atoms with E-state index >= 15 is 0 Å². The fourth-order valence-corrected chi connectivity index (χ4v) is 0.448. The largest absolute Gasteiger partial charge is 1.00 e. The van der Waals surface area contributed by atoms with Crippen LogP contribution >= 0.6 is 0 Å². The molecule has 0 unspecified atom stereocenters. The number of hydrogen-bond donors (Lipinski definition) is 2. The molecule has 0 aliphatic rings. The van der Waals surface area contributed by atoms with Gasteiger partial charge in [0.1, 0.15) is 0 Å². The van der Waals surface area contributed by atoms with Crippen molar-refractivity contribution in [3.05, 3.63) is 0 Å². The smallest absolute Gasteiger partial charge is 1.00 e. The van der Waals surface area contributed by atoms with Gasteiger partial charge >= 0.3 is 81.8 Å². The molecule has 0 aromatic heterocycles. The predicted molar refractivity (Wildman–Crippen MR) is 24.9 cm³/mol. The normalized spacial score (nSPS) is 14.4. The van der Waals surface area contributed by atoms with E-state index in [1.807, 2.05) is 0 Å². The van der Waals surface area contributed by atoms with E-state index in [1.165, 1.54) is 0 Å². The summed E-state index contributed by atoms with van der Waals surface area (Å²) in [5, 5.41) is 0. The first kappa shape index (κ1) is 17.3. The molecule has 0 spiro atoms. The van der Waals surface area contributed by atoms with Crippen molar-refractivity contribution in [2.45, 2.75) is 0 Å². The van der Waals surface area contributed by atoms with Crippen LogP contribution in [0, 0.1) is 0 Å². The van der Waals surface area contributed by atoms with Gasteiger partial charge < -0.3 is 2.85 Å². The van der Waals surface area contributed by atoms with Crippen molar-refractivity contribution in [3.8, 4) is 0 Å². The maximum absolute atomic E-state index is 9.35. The summed E-state index contributed by atoms with van der Waals surface area (Å²) in [7, 11) is 0. The van der Waals surface area contributed by atoms with Gasteiger partial charge in [-0.3, -0.25) is 9.11 Å². The van der Waals surface area contributed by atoms with Gasteiger partial charge in [-0.1, -0.05) is 0 Å². The van der Waals surface area contributed by atoms with Crippen LogP contribution in [0.4, 0.5) is 0 Å². The summed E-state index contributed by atoms with van der Waals surface area (Å²) in [5.41, 5.74) is 0. The molecule has 0 radical (unpaired) electrons. The molecule has 0 bridgehead atoms. The Labute approximate surface area is 104 Å². The Morgan fingerprint density at radius 2 is 1.33 bits per heavy atom. The molecule has 0 atom stereocenters. The Balaban J connectivity index is -0.0000000300. The molecule has 0 aromatic carbocycles. The van der Waals surface area contributed by atoms with Crippen molar-refractivity contribution >= 4 is 22.7 Å². The molecule has 0 aliphatic carbocycles. The van der Waals surface area contributed by atoms with Gasteiger partial charge in [0.15, 0.2) is 0 Å². The van der Waals surface area contributed by atoms with Crippen molar-refractivity contribution in [2.24, 2.45) is 0 Å². The van der Waals surface area contributed by atoms with E-state index in [2.05, 4.69) is 3.63 Å². The zero-order chi connectivity index (χ0) is 5.86. The van der Waals surface area contributed by atoms with Gasteiger partial charge in [-0.05, 0) is 0 Å². The Hall–Kier alpha value is 2.18. The molecule has 0 fully saturated rings. The van der Waals surface area contributed by atoms with Gasteiger partial charge in [-0.25, -0.2) is 0 Å². The van der Waals surface area contributed by atoms with E-state index < -0.39 is 22.7 Å². The van der Waals surface area contributed by atoms with Crippen molar-refractivity contribution in [1.82, 2.24) is 0 Å². The zero-order valence-corrected chi connectivity index (χ0v) is 10.6. The van der Waals surface area contributed by atoms with E-state index in [9.17, 15) is 8.42 Å². The fraction of sp³-hybridized carbons (Fsp3) is 0. The zero-order valence-electron chi connectivity index (χ0n) is 6.94. The van der Waals surface area contributed by atoms with Crippen molar-refractivity contribution in [2.75, 3.05) is 0 Å². The molecule has 0 amide bonds. The van der Waals surface area contributed by atoms with Crippen molar-refractivity contribution in [3.63, 3.8) is 0 Å². The Morgan fingerprint density at radius 3 is 1.33 bits per heavy atom. The van der Waals surface area contributed by atoms with E-state index in [0.29, 0.717) is 0 Å². The van der Waals surface area contributed by atoms with Crippen LogP contribution in [0.2, 0.25) is 0 Å². The minimum absolute atomic E-state index is 0. The second-order valence-electron chi connectivity index (χ2n) is 0.502. The summed E-state index contributed by atoms with van der Waals surface area (Å²) in [6, 6.07) is 0. The molecule has 5 nitrogen and oxygen atoms in total. The molecule has 9 heavy (non-hydrogen) atoms. The average molecular weight is 194 g/mol. The Morgan fingerprint density at radius 1 is 1.11 bits per heavy atom. The van der Waals surface area contributed by atoms with E-state index in [-0.39, 0.29) is 62.0 Å². The van der Waals surface area contributed by atoms with Crippen LogP contribution in [-0.4, -0.2) is 17.5 Å². The predicted octanol–water partition coefficient (Wildman–Crippen LogP) is -6.49. The number of rotatable bonds is 2. The van der Waals surface area contributed by atoms with Gasteiger partial charge in [0, 0.05) is 0 Å². The van der Waals surface area contributed by atoms with Gasteiger partial charge in [-0.2, -0.15) is 8.42 Å². The van der Waals surface area contributed by atoms with Gasteiger partial charge in [-0.15, -0.1) is 3.63 Å². The monoisotopic (exact) mass is 194 g/mol. The summed E-state index contributed by atoms with van der Waals surface area (Å²) < 4.78 is 37.2. The Bertz CT molecular complexity index is 96.7. The molecule has 2 N–H and O–H groups in total. The minimum atomic E-state index is -2.65. The summed E-state index contributed by atoms with van der Waals surface area (Å²) in [4.78, 5) is 0. The van der Waals surface area contributed by atoms with E-state index in [1.54, 1.807) is 0 Å². The van der Waals surface area contributed by atoms with Gasteiger partial charge in [0.2, 0.25) is 0 Å². The summed E-state index contributed by atoms with van der Waals surface area (Å²) in [5.74, 6) is 0. The first-order valence-corrected chi connectivity index (χ1v) is 3.10. The summed E-state index contributed by atoms with van der Waals surface area (Å²) in [6.07, 6.45) is 0. The quantitative estimate of drug-likeness (QED) is 0.337. The second-order valence-corrected chi connectivity index (χ2v) is 1.92. The molecule has 0 saturated carbocycles. The molecular formula is H4Na2O5S2. The number of hydrogen-bond acceptors (Lipinski definition) is 3. The molecule has 0 aromatic rings. The van der Waals surface area contributed by atoms with Gasteiger partial charge in [0.05, 0.1) is 0 Å². The van der Waals surface area contributed by atoms with E-state index in [0.717, 1.165) is 0 Å². The Kier molecular flexibility index (Phi) is 19.6.